The van der Waals surface area contributed by atoms with Gasteiger partial charge in [0.15, 0.2) is 0 Å². The fourth-order valence-electron chi connectivity index (χ4n) is 1.34. The highest BCUT2D eigenvalue weighted by Gasteiger charge is 2.14. The molecule has 2 rings (SSSR count). The van der Waals surface area contributed by atoms with E-state index in [1.807, 2.05) is 0 Å². The van der Waals surface area contributed by atoms with Crippen molar-refractivity contribution in [3.8, 4) is 0 Å². The number of pyridine rings is 1. The summed E-state index contributed by atoms with van der Waals surface area (Å²) in [6.07, 6.45) is -2.69. The predicted molar refractivity (Wildman–Crippen MR) is 61.7 cm³/mol. The number of hydrogen-bond acceptors (Lipinski definition) is 1. The number of rotatable bonds is 1. The van der Waals surface area contributed by atoms with Crippen molar-refractivity contribution in [2.45, 2.75) is 6.43 Å². The van der Waals surface area contributed by atoms with Gasteiger partial charge in [-0.25, -0.2) is 13.8 Å². The van der Waals surface area contributed by atoms with Crippen molar-refractivity contribution in [1.29, 1.82) is 0 Å². The molecule has 0 saturated heterocycles. The van der Waals surface area contributed by atoms with Gasteiger partial charge in [0.25, 0.3) is 6.43 Å². The molecule has 2 aromatic rings. The molecule has 16 heavy (non-hydrogen) atoms. The number of halogens is 5. The van der Waals surface area contributed by atoms with Crippen LogP contribution >= 0.6 is 34.8 Å². The number of nitrogens with zero attached hydrogens (tertiary/aromatic N) is 1. The molecule has 1 nitrogen and oxygen atoms in total. The van der Waals surface area contributed by atoms with Crippen molar-refractivity contribution in [2.75, 3.05) is 0 Å². The maximum absolute atomic E-state index is 12.5. The summed E-state index contributed by atoms with van der Waals surface area (Å²) in [5.74, 6) is 0. The van der Waals surface area contributed by atoms with Crippen molar-refractivity contribution >= 4 is 45.7 Å². The van der Waals surface area contributed by atoms with E-state index in [-0.39, 0.29) is 15.6 Å². The minimum absolute atomic E-state index is 0.157. The largest absolute Gasteiger partial charge is 0.280 e. The topological polar surface area (TPSA) is 12.9 Å². The Labute approximate surface area is 105 Å². The van der Waals surface area contributed by atoms with Crippen molar-refractivity contribution in [3.05, 3.63) is 39.0 Å². The monoisotopic (exact) mass is 281 g/mol. The fraction of sp³-hybridized carbons (Fsp3) is 0.100. The van der Waals surface area contributed by atoms with E-state index < -0.39 is 12.1 Å². The Kier molecular flexibility index (Phi) is 3.19. The van der Waals surface area contributed by atoms with Gasteiger partial charge in [-0.15, -0.1) is 0 Å². The summed E-state index contributed by atoms with van der Waals surface area (Å²) >= 11 is 17.5. The average molecular weight is 283 g/mol. The van der Waals surface area contributed by atoms with Crippen LogP contribution in [0.4, 0.5) is 8.78 Å². The van der Waals surface area contributed by atoms with Gasteiger partial charge in [-0.1, -0.05) is 34.8 Å². The number of aromatic nitrogens is 1. The van der Waals surface area contributed by atoms with E-state index in [9.17, 15) is 8.78 Å². The van der Waals surface area contributed by atoms with E-state index >= 15 is 0 Å². The number of alkyl halides is 2. The molecule has 0 aliphatic carbocycles. The molecule has 6 heteroatoms. The van der Waals surface area contributed by atoms with Crippen LogP contribution in [-0.4, -0.2) is 4.98 Å². The minimum Gasteiger partial charge on any atom is -0.245 e. The van der Waals surface area contributed by atoms with Gasteiger partial charge < -0.3 is 0 Å². The molecule has 0 aliphatic heterocycles. The summed E-state index contributed by atoms with van der Waals surface area (Å²) in [4.78, 5) is 3.75. The Bertz CT molecular complexity index is 557. The standard InChI is InChI=1S/C10H4Cl3F2N/c11-4-1-5-6(12)3-8(10(14)15)16-9(5)7(13)2-4/h1-3,10H. The van der Waals surface area contributed by atoms with Crippen molar-refractivity contribution in [2.24, 2.45) is 0 Å². The predicted octanol–water partition coefficient (Wildman–Crippen LogP) is 5.13. The van der Waals surface area contributed by atoms with Gasteiger partial charge in [0, 0.05) is 10.4 Å². The van der Waals surface area contributed by atoms with Crippen LogP contribution in [0.3, 0.4) is 0 Å². The third-order valence-electron chi connectivity index (χ3n) is 2.02. The summed E-state index contributed by atoms with van der Waals surface area (Å²) in [5, 5.41) is 1.20. The molecule has 1 heterocycles. The van der Waals surface area contributed by atoms with Crippen LogP contribution in [-0.2, 0) is 0 Å². The van der Waals surface area contributed by atoms with Crippen LogP contribution in [0.15, 0.2) is 18.2 Å². The van der Waals surface area contributed by atoms with Crippen LogP contribution < -0.4 is 0 Å². The van der Waals surface area contributed by atoms with E-state index in [1.54, 1.807) is 0 Å². The Morgan fingerprint density at radius 1 is 1.00 bits per heavy atom. The van der Waals surface area contributed by atoms with Gasteiger partial charge in [-0.2, -0.15) is 0 Å². The Morgan fingerprint density at radius 3 is 2.31 bits per heavy atom. The lowest BCUT2D eigenvalue weighted by Crippen LogP contribution is -1.92. The van der Waals surface area contributed by atoms with Crippen molar-refractivity contribution in [1.82, 2.24) is 4.98 Å². The SMILES string of the molecule is FC(F)c1cc(Cl)c2cc(Cl)cc(Cl)c2n1. The molecule has 0 amide bonds. The molecule has 0 aliphatic rings. The maximum atomic E-state index is 12.5. The first-order valence-electron chi connectivity index (χ1n) is 4.22. The number of fused-ring (bicyclic) bond motifs is 1. The molecule has 0 unspecified atom stereocenters. The van der Waals surface area contributed by atoms with Gasteiger partial charge in [0.2, 0.25) is 0 Å². The molecule has 0 radical (unpaired) electrons. The second-order valence-electron chi connectivity index (χ2n) is 3.11. The summed E-state index contributed by atoms with van der Waals surface area (Å²) in [6, 6.07) is 4.08. The molecular formula is C10H4Cl3F2N. The third kappa shape index (κ3) is 2.08. The summed E-state index contributed by atoms with van der Waals surface area (Å²) in [6.45, 7) is 0. The quantitative estimate of drug-likeness (QED) is 0.706. The van der Waals surface area contributed by atoms with Crippen LogP contribution in [0.1, 0.15) is 12.1 Å². The Morgan fingerprint density at radius 2 is 1.69 bits per heavy atom. The summed E-state index contributed by atoms with van der Waals surface area (Å²) in [5.41, 5.74) is -0.171. The average Bonchev–Trinajstić information content (AvgIpc) is 2.19. The normalized spacial score (nSPS) is 11.4. The van der Waals surface area contributed by atoms with Crippen LogP contribution in [0.5, 0.6) is 0 Å². The van der Waals surface area contributed by atoms with Gasteiger partial charge in [0.1, 0.15) is 5.69 Å². The zero-order valence-corrected chi connectivity index (χ0v) is 9.91. The molecule has 84 valence electrons. The van der Waals surface area contributed by atoms with E-state index in [0.29, 0.717) is 10.4 Å². The van der Waals surface area contributed by atoms with Gasteiger partial charge >= 0.3 is 0 Å². The molecule has 0 fully saturated rings. The van der Waals surface area contributed by atoms with Crippen molar-refractivity contribution in [3.63, 3.8) is 0 Å². The molecule has 0 spiro atoms. The lowest BCUT2D eigenvalue weighted by Gasteiger charge is -2.06. The Hall–Kier alpha value is -0.640. The highest BCUT2D eigenvalue weighted by atomic mass is 35.5. The molecule has 0 N–H and O–H groups in total. The minimum atomic E-state index is -2.69. The molecule has 0 saturated carbocycles. The first-order chi connectivity index (χ1) is 7.49. The second kappa shape index (κ2) is 4.32. The highest BCUT2D eigenvalue weighted by Crippen LogP contribution is 2.33. The summed E-state index contributed by atoms with van der Waals surface area (Å²) in [7, 11) is 0. The van der Waals surface area contributed by atoms with Gasteiger partial charge in [0.05, 0.1) is 15.6 Å². The van der Waals surface area contributed by atoms with Crippen LogP contribution in [0.2, 0.25) is 15.1 Å². The van der Waals surface area contributed by atoms with Crippen LogP contribution in [0.25, 0.3) is 10.9 Å². The first-order valence-corrected chi connectivity index (χ1v) is 5.36. The highest BCUT2D eigenvalue weighted by molar-refractivity contribution is 6.41. The van der Waals surface area contributed by atoms with Gasteiger partial charge in [-0.05, 0) is 18.2 Å². The first kappa shape index (κ1) is 11.8. The molecule has 0 atom stereocenters. The zero-order valence-electron chi connectivity index (χ0n) is 7.65. The smallest absolute Gasteiger partial charge is 0.245 e. The summed E-state index contributed by atoms with van der Waals surface area (Å²) < 4.78 is 25.0. The molecule has 1 aromatic heterocycles. The second-order valence-corrected chi connectivity index (χ2v) is 4.36. The lowest BCUT2D eigenvalue weighted by atomic mass is 10.2. The molecule has 0 bridgehead atoms. The van der Waals surface area contributed by atoms with Crippen LogP contribution in [0, 0.1) is 0 Å². The van der Waals surface area contributed by atoms with Gasteiger partial charge in [-0.3, -0.25) is 0 Å². The lowest BCUT2D eigenvalue weighted by molar-refractivity contribution is 0.146. The van der Waals surface area contributed by atoms with E-state index in [4.69, 9.17) is 34.8 Å². The number of benzene rings is 1. The van der Waals surface area contributed by atoms with E-state index in [0.717, 1.165) is 6.07 Å². The zero-order chi connectivity index (χ0) is 11.9. The van der Waals surface area contributed by atoms with Crippen molar-refractivity contribution < 1.29 is 8.78 Å². The molecule has 1 aromatic carbocycles. The van der Waals surface area contributed by atoms with E-state index in [2.05, 4.69) is 4.98 Å². The Balaban J connectivity index is 2.82. The third-order valence-corrected chi connectivity index (χ3v) is 2.84. The molecular weight excluding hydrogens is 278 g/mol. The number of hydrogen-bond donors (Lipinski definition) is 0. The van der Waals surface area contributed by atoms with E-state index in [1.165, 1.54) is 12.1 Å². The maximum Gasteiger partial charge on any atom is 0.280 e. The fourth-order valence-corrected chi connectivity index (χ4v) is 2.13.